The van der Waals surface area contributed by atoms with Crippen LogP contribution in [0, 0.1) is 6.92 Å². The first-order valence-corrected chi connectivity index (χ1v) is 7.10. The van der Waals surface area contributed by atoms with Crippen molar-refractivity contribution in [3.05, 3.63) is 71.2 Å². The summed E-state index contributed by atoms with van der Waals surface area (Å²) in [6.45, 7) is 2.11. The fourth-order valence-electron chi connectivity index (χ4n) is 2.42. The Balaban J connectivity index is 1.76. The van der Waals surface area contributed by atoms with Gasteiger partial charge in [0.25, 0.3) is 5.91 Å². The van der Waals surface area contributed by atoms with Gasteiger partial charge in [-0.1, -0.05) is 18.2 Å². The van der Waals surface area contributed by atoms with Crippen molar-refractivity contribution >= 4 is 17.5 Å². The molecule has 0 radical (unpaired) electrons. The quantitative estimate of drug-likeness (QED) is 0.774. The van der Waals surface area contributed by atoms with Crippen molar-refractivity contribution in [1.82, 2.24) is 14.7 Å². The van der Waals surface area contributed by atoms with Crippen molar-refractivity contribution in [1.29, 1.82) is 0 Å². The number of carboxylic acid groups (broad SMARTS) is 1. The predicted octanol–water partition coefficient (Wildman–Crippen LogP) is 2.27. The summed E-state index contributed by atoms with van der Waals surface area (Å²) in [7, 11) is 0. The van der Waals surface area contributed by atoms with E-state index in [0.29, 0.717) is 17.9 Å². The number of nitrogens with one attached hydrogen (secondary N) is 1. The molecule has 1 aromatic carbocycles. The third kappa shape index (κ3) is 2.91. The van der Waals surface area contributed by atoms with Crippen molar-refractivity contribution in [3.8, 4) is 0 Å². The molecule has 6 nitrogen and oxygen atoms in total. The smallest absolute Gasteiger partial charge is 0.335 e. The second-order valence-corrected chi connectivity index (χ2v) is 5.16. The highest BCUT2D eigenvalue weighted by Gasteiger charge is 2.15. The van der Waals surface area contributed by atoms with Crippen LogP contribution in [0.5, 0.6) is 0 Å². The van der Waals surface area contributed by atoms with Gasteiger partial charge < -0.3 is 10.4 Å². The van der Waals surface area contributed by atoms with Crippen molar-refractivity contribution in [2.45, 2.75) is 13.5 Å². The zero-order chi connectivity index (χ0) is 16.4. The molecule has 0 bridgehead atoms. The average Bonchev–Trinajstić information content (AvgIpc) is 2.88. The van der Waals surface area contributed by atoms with E-state index in [0.717, 1.165) is 11.2 Å². The van der Waals surface area contributed by atoms with E-state index >= 15 is 0 Å². The maximum atomic E-state index is 12.4. The van der Waals surface area contributed by atoms with Gasteiger partial charge >= 0.3 is 5.97 Å². The summed E-state index contributed by atoms with van der Waals surface area (Å²) in [5.41, 5.74) is 2.94. The summed E-state index contributed by atoms with van der Waals surface area (Å²) >= 11 is 0. The van der Waals surface area contributed by atoms with Gasteiger partial charge in [-0.15, -0.1) is 0 Å². The van der Waals surface area contributed by atoms with Crippen LogP contribution in [0.4, 0.5) is 0 Å². The zero-order valence-electron chi connectivity index (χ0n) is 12.5. The van der Waals surface area contributed by atoms with Crippen molar-refractivity contribution in [2.75, 3.05) is 0 Å². The lowest BCUT2D eigenvalue weighted by Crippen LogP contribution is -2.25. The number of imidazole rings is 1. The molecular weight excluding hydrogens is 294 g/mol. The SMILES string of the molecule is Cc1nc2ccccn2c1C(=O)NCc1ccc(C(=O)O)cc1. The van der Waals surface area contributed by atoms with Crippen LogP contribution in [-0.4, -0.2) is 26.4 Å². The number of aryl methyl sites for hydroxylation is 1. The highest BCUT2D eigenvalue weighted by atomic mass is 16.4. The molecule has 0 unspecified atom stereocenters. The molecule has 0 atom stereocenters. The molecule has 23 heavy (non-hydrogen) atoms. The van der Waals surface area contributed by atoms with Gasteiger partial charge in [0.1, 0.15) is 11.3 Å². The zero-order valence-corrected chi connectivity index (χ0v) is 12.5. The van der Waals surface area contributed by atoms with Crippen LogP contribution in [0.25, 0.3) is 5.65 Å². The number of amides is 1. The van der Waals surface area contributed by atoms with E-state index in [9.17, 15) is 9.59 Å². The largest absolute Gasteiger partial charge is 0.478 e. The van der Waals surface area contributed by atoms with Gasteiger partial charge in [-0.05, 0) is 36.8 Å². The fraction of sp³-hybridized carbons (Fsp3) is 0.118. The molecule has 0 spiro atoms. The number of aromatic nitrogens is 2. The van der Waals surface area contributed by atoms with E-state index < -0.39 is 5.97 Å². The number of carbonyl (C=O) groups excluding carboxylic acids is 1. The normalized spacial score (nSPS) is 10.7. The Bertz CT molecular complexity index is 882. The Morgan fingerprint density at radius 2 is 1.91 bits per heavy atom. The van der Waals surface area contributed by atoms with Gasteiger partial charge in [0.15, 0.2) is 0 Å². The van der Waals surface area contributed by atoms with E-state index in [4.69, 9.17) is 5.11 Å². The van der Waals surface area contributed by atoms with E-state index in [1.54, 1.807) is 29.7 Å². The van der Waals surface area contributed by atoms with Crippen LogP contribution >= 0.6 is 0 Å². The molecule has 3 rings (SSSR count). The summed E-state index contributed by atoms with van der Waals surface area (Å²) in [6, 6.07) is 12.0. The lowest BCUT2D eigenvalue weighted by Gasteiger charge is -2.06. The van der Waals surface area contributed by atoms with E-state index in [1.807, 2.05) is 18.2 Å². The summed E-state index contributed by atoms with van der Waals surface area (Å²) in [5, 5.41) is 11.7. The third-order valence-corrected chi connectivity index (χ3v) is 3.57. The number of hydrogen-bond acceptors (Lipinski definition) is 3. The molecule has 2 N–H and O–H groups in total. The number of carboxylic acids is 1. The maximum Gasteiger partial charge on any atom is 0.335 e. The molecule has 0 aliphatic rings. The lowest BCUT2D eigenvalue weighted by molar-refractivity contribution is 0.0696. The molecule has 0 saturated heterocycles. The van der Waals surface area contributed by atoms with E-state index in [-0.39, 0.29) is 11.5 Å². The number of pyridine rings is 1. The molecule has 3 aromatic rings. The molecule has 6 heteroatoms. The minimum Gasteiger partial charge on any atom is -0.478 e. The molecule has 0 aliphatic heterocycles. The Labute approximate surface area is 132 Å². The first-order chi connectivity index (χ1) is 11.1. The van der Waals surface area contributed by atoms with Gasteiger partial charge in [-0.25, -0.2) is 9.78 Å². The summed E-state index contributed by atoms with van der Waals surface area (Å²) in [5.74, 6) is -1.19. The Hall–Kier alpha value is -3.15. The molecule has 0 fully saturated rings. The highest BCUT2D eigenvalue weighted by molar-refractivity contribution is 5.94. The number of benzene rings is 1. The summed E-state index contributed by atoms with van der Waals surface area (Å²) in [6.07, 6.45) is 1.80. The van der Waals surface area contributed by atoms with Gasteiger partial charge in [0.2, 0.25) is 0 Å². The summed E-state index contributed by atoms with van der Waals surface area (Å²) < 4.78 is 1.75. The minimum absolute atomic E-state index is 0.219. The van der Waals surface area contributed by atoms with Crippen molar-refractivity contribution in [3.63, 3.8) is 0 Å². The topological polar surface area (TPSA) is 83.7 Å². The van der Waals surface area contributed by atoms with Crippen LogP contribution < -0.4 is 5.32 Å². The monoisotopic (exact) mass is 309 g/mol. The predicted molar refractivity (Wildman–Crippen MR) is 84.5 cm³/mol. The number of fused-ring (bicyclic) bond motifs is 1. The number of aromatic carboxylic acids is 1. The van der Waals surface area contributed by atoms with Gasteiger partial charge in [0, 0.05) is 12.7 Å². The van der Waals surface area contributed by atoms with Crippen LogP contribution in [0.3, 0.4) is 0 Å². The number of rotatable bonds is 4. The standard InChI is InChI=1S/C17H15N3O3/c1-11-15(20-9-3-2-4-14(20)19-11)16(21)18-10-12-5-7-13(8-6-12)17(22)23/h2-9H,10H2,1H3,(H,18,21)(H,22,23). The van der Waals surface area contributed by atoms with Crippen molar-refractivity contribution < 1.29 is 14.7 Å². The average molecular weight is 309 g/mol. The Morgan fingerprint density at radius 1 is 1.17 bits per heavy atom. The highest BCUT2D eigenvalue weighted by Crippen LogP contribution is 2.12. The molecule has 0 aliphatic carbocycles. The summed E-state index contributed by atoms with van der Waals surface area (Å²) in [4.78, 5) is 27.6. The first kappa shape index (κ1) is 14.8. The third-order valence-electron chi connectivity index (χ3n) is 3.57. The Kier molecular flexibility index (Phi) is 3.80. The molecule has 2 heterocycles. The molecular formula is C17H15N3O3. The molecule has 116 valence electrons. The Morgan fingerprint density at radius 3 is 2.61 bits per heavy atom. The van der Waals surface area contributed by atoms with Crippen molar-refractivity contribution in [2.24, 2.45) is 0 Å². The first-order valence-electron chi connectivity index (χ1n) is 7.10. The number of nitrogens with zero attached hydrogens (tertiary/aromatic N) is 2. The molecule has 0 saturated carbocycles. The second-order valence-electron chi connectivity index (χ2n) is 5.16. The fourth-order valence-corrected chi connectivity index (χ4v) is 2.42. The van der Waals surface area contributed by atoms with E-state index in [1.165, 1.54) is 12.1 Å². The number of carbonyl (C=O) groups is 2. The van der Waals surface area contributed by atoms with E-state index in [2.05, 4.69) is 10.3 Å². The van der Waals surface area contributed by atoms with Crippen LogP contribution in [-0.2, 0) is 6.54 Å². The van der Waals surface area contributed by atoms with Gasteiger partial charge in [-0.2, -0.15) is 0 Å². The van der Waals surface area contributed by atoms with Crippen LogP contribution in [0.2, 0.25) is 0 Å². The van der Waals surface area contributed by atoms with Gasteiger partial charge in [-0.3, -0.25) is 9.20 Å². The minimum atomic E-state index is -0.970. The molecule has 2 aromatic heterocycles. The number of hydrogen-bond donors (Lipinski definition) is 2. The molecule has 1 amide bonds. The second kappa shape index (κ2) is 5.92. The van der Waals surface area contributed by atoms with Crippen LogP contribution in [0.15, 0.2) is 48.7 Å². The lowest BCUT2D eigenvalue weighted by atomic mass is 10.1. The van der Waals surface area contributed by atoms with Crippen LogP contribution in [0.1, 0.15) is 32.1 Å². The van der Waals surface area contributed by atoms with Gasteiger partial charge in [0.05, 0.1) is 11.3 Å². The maximum absolute atomic E-state index is 12.4.